The van der Waals surface area contributed by atoms with Crippen molar-refractivity contribution in [2.24, 2.45) is 0 Å². The van der Waals surface area contributed by atoms with Gasteiger partial charge in [0.05, 0.1) is 0 Å². The first-order valence-corrected chi connectivity index (χ1v) is 8.17. The summed E-state index contributed by atoms with van der Waals surface area (Å²) in [4.78, 5) is 11.9. The van der Waals surface area contributed by atoms with Crippen LogP contribution >= 0.6 is 0 Å². The Balaban J connectivity index is 1.83. The number of rotatable bonds is 9. The Bertz CT molecular complexity index is 710. The van der Waals surface area contributed by atoms with Crippen LogP contribution in [0.15, 0.2) is 48.5 Å². The zero-order chi connectivity index (χ0) is 18.9. The van der Waals surface area contributed by atoms with Crippen molar-refractivity contribution < 1.29 is 27.8 Å². The molecule has 0 aliphatic rings. The number of alkyl halides is 2. The molecule has 2 aromatic rings. The maximum atomic E-state index is 14.0. The van der Waals surface area contributed by atoms with E-state index in [0.29, 0.717) is 13.0 Å². The minimum absolute atomic E-state index is 0.0954. The molecule has 140 valence electrons. The molecule has 26 heavy (non-hydrogen) atoms. The van der Waals surface area contributed by atoms with Gasteiger partial charge >= 0.3 is 0 Å². The lowest BCUT2D eigenvalue weighted by molar-refractivity contribution is -0.129. The third-order valence-corrected chi connectivity index (χ3v) is 3.68. The van der Waals surface area contributed by atoms with Crippen LogP contribution in [0.25, 0.3) is 0 Å². The molecule has 0 fully saturated rings. The summed E-state index contributed by atoms with van der Waals surface area (Å²) >= 11 is 0. The molecule has 0 bridgehead atoms. The molecule has 0 spiro atoms. The third kappa shape index (κ3) is 6.07. The van der Waals surface area contributed by atoms with Crippen molar-refractivity contribution in [1.29, 1.82) is 0 Å². The zero-order valence-electron chi connectivity index (χ0n) is 14.0. The van der Waals surface area contributed by atoms with E-state index in [4.69, 9.17) is 4.74 Å². The molecule has 4 nitrogen and oxygen atoms in total. The summed E-state index contributed by atoms with van der Waals surface area (Å²) in [6.07, 6.45) is -2.92. The summed E-state index contributed by atoms with van der Waals surface area (Å²) in [5.41, 5.74) is 0.891. The van der Waals surface area contributed by atoms with Crippen molar-refractivity contribution >= 4 is 5.91 Å². The number of hydrogen-bond donors (Lipinski definition) is 2. The highest BCUT2D eigenvalue weighted by atomic mass is 19.3. The SMILES string of the molecule is O=C(NCCCc1ccccc1)C(O)c1ccc(OCC(F)F)cc1F. The molecule has 0 saturated heterocycles. The lowest BCUT2D eigenvalue weighted by atomic mass is 10.1. The van der Waals surface area contributed by atoms with Gasteiger partial charge in [0.1, 0.15) is 18.2 Å². The molecule has 0 aliphatic heterocycles. The Kier molecular flexibility index (Phi) is 7.47. The van der Waals surface area contributed by atoms with Crippen LogP contribution in [-0.2, 0) is 11.2 Å². The van der Waals surface area contributed by atoms with Gasteiger partial charge < -0.3 is 15.2 Å². The van der Waals surface area contributed by atoms with E-state index in [9.17, 15) is 23.1 Å². The van der Waals surface area contributed by atoms with Crippen molar-refractivity contribution in [1.82, 2.24) is 5.32 Å². The number of carbonyl (C=O) groups excluding carboxylic acids is 1. The van der Waals surface area contributed by atoms with Gasteiger partial charge in [0.2, 0.25) is 0 Å². The summed E-state index contributed by atoms with van der Waals surface area (Å²) < 4.78 is 42.8. The second-order valence-electron chi connectivity index (χ2n) is 5.67. The second kappa shape index (κ2) is 9.82. The summed E-state index contributed by atoms with van der Waals surface area (Å²) in [7, 11) is 0. The Morgan fingerprint density at radius 1 is 1.15 bits per heavy atom. The van der Waals surface area contributed by atoms with E-state index in [1.165, 1.54) is 6.07 Å². The van der Waals surface area contributed by atoms with Crippen LogP contribution in [0.4, 0.5) is 13.2 Å². The van der Waals surface area contributed by atoms with Gasteiger partial charge in [-0.25, -0.2) is 13.2 Å². The largest absolute Gasteiger partial charge is 0.488 e. The van der Waals surface area contributed by atoms with Crippen LogP contribution in [0.1, 0.15) is 23.7 Å². The van der Waals surface area contributed by atoms with E-state index in [-0.39, 0.29) is 11.3 Å². The monoisotopic (exact) mass is 367 g/mol. The first-order valence-electron chi connectivity index (χ1n) is 8.17. The second-order valence-corrected chi connectivity index (χ2v) is 5.67. The minimum atomic E-state index is -2.68. The lowest BCUT2D eigenvalue weighted by Crippen LogP contribution is -2.30. The topological polar surface area (TPSA) is 58.6 Å². The molecule has 0 aromatic heterocycles. The fourth-order valence-corrected chi connectivity index (χ4v) is 2.37. The highest BCUT2D eigenvalue weighted by Crippen LogP contribution is 2.22. The molecule has 2 rings (SSSR count). The van der Waals surface area contributed by atoms with E-state index in [1.807, 2.05) is 30.3 Å². The molecule has 0 aliphatic carbocycles. The number of hydrogen-bond acceptors (Lipinski definition) is 3. The van der Waals surface area contributed by atoms with Gasteiger partial charge in [-0.3, -0.25) is 4.79 Å². The van der Waals surface area contributed by atoms with Crippen molar-refractivity contribution in [3.8, 4) is 5.75 Å². The number of halogens is 3. The molecule has 7 heteroatoms. The Labute approximate surface area is 149 Å². The fourth-order valence-electron chi connectivity index (χ4n) is 2.37. The predicted octanol–water partition coefficient (Wildman–Crippen LogP) is 3.25. The molecule has 1 atom stereocenters. The Morgan fingerprint density at radius 3 is 2.54 bits per heavy atom. The average Bonchev–Trinajstić information content (AvgIpc) is 2.63. The smallest absolute Gasteiger partial charge is 0.272 e. The van der Waals surface area contributed by atoms with Gasteiger partial charge in [-0.2, -0.15) is 0 Å². The number of benzene rings is 2. The molecule has 1 unspecified atom stereocenters. The number of aliphatic hydroxyl groups excluding tert-OH is 1. The van der Waals surface area contributed by atoms with Crippen LogP contribution in [-0.4, -0.2) is 30.6 Å². The van der Waals surface area contributed by atoms with Crippen molar-refractivity contribution in [2.45, 2.75) is 25.4 Å². The van der Waals surface area contributed by atoms with Crippen LogP contribution in [0.3, 0.4) is 0 Å². The summed E-state index contributed by atoms with van der Waals surface area (Å²) in [5.74, 6) is -1.72. The first kappa shape index (κ1) is 19.8. The molecule has 0 heterocycles. The maximum absolute atomic E-state index is 14.0. The Hall–Kier alpha value is -2.54. The molecule has 0 saturated carbocycles. The molecule has 2 aromatic carbocycles. The van der Waals surface area contributed by atoms with Crippen molar-refractivity contribution in [3.05, 3.63) is 65.5 Å². The van der Waals surface area contributed by atoms with Crippen LogP contribution in [0, 0.1) is 5.82 Å². The van der Waals surface area contributed by atoms with Crippen LogP contribution < -0.4 is 10.1 Å². The van der Waals surface area contributed by atoms with Gasteiger partial charge in [-0.1, -0.05) is 30.3 Å². The lowest BCUT2D eigenvalue weighted by Gasteiger charge is -2.14. The van der Waals surface area contributed by atoms with Gasteiger partial charge in [0.25, 0.3) is 12.3 Å². The normalized spacial score (nSPS) is 12.0. The number of amides is 1. The Morgan fingerprint density at radius 2 is 1.88 bits per heavy atom. The number of aryl methyl sites for hydroxylation is 1. The highest BCUT2D eigenvalue weighted by molar-refractivity contribution is 5.82. The zero-order valence-corrected chi connectivity index (χ0v) is 14.0. The molecule has 2 N–H and O–H groups in total. The van der Waals surface area contributed by atoms with E-state index < -0.39 is 30.9 Å². The molecule has 0 radical (unpaired) electrons. The van der Waals surface area contributed by atoms with E-state index in [0.717, 1.165) is 24.1 Å². The molecular weight excluding hydrogens is 347 g/mol. The summed E-state index contributed by atoms with van der Waals surface area (Å²) in [6.45, 7) is -0.523. The minimum Gasteiger partial charge on any atom is -0.488 e. The highest BCUT2D eigenvalue weighted by Gasteiger charge is 2.21. The number of ether oxygens (including phenoxy) is 1. The van der Waals surface area contributed by atoms with E-state index >= 15 is 0 Å². The fraction of sp³-hybridized carbons (Fsp3) is 0.316. The van der Waals surface area contributed by atoms with Gasteiger partial charge in [0.15, 0.2) is 6.10 Å². The van der Waals surface area contributed by atoms with Crippen molar-refractivity contribution in [3.63, 3.8) is 0 Å². The van der Waals surface area contributed by atoms with Crippen LogP contribution in [0.2, 0.25) is 0 Å². The van der Waals surface area contributed by atoms with Crippen molar-refractivity contribution in [2.75, 3.05) is 13.2 Å². The molecule has 1 amide bonds. The average molecular weight is 367 g/mol. The third-order valence-electron chi connectivity index (χ3n) is 3.68. The quantitative estimate of drug-likeness (QED) is 0.669. The van der Waals surface area contributed by atoms with Gasteiger partial charge in [-0.05, 0) is 30.5 Å². The van der Waals surface area contributed by atoms with Gasteiger partial charge in [0, 0.05) is 18.2 Å². The van der Waals surface area contributed by atoms with E-state index in [1.54, 1.807) is 0 Å². The van der Waals surface area contributed by atoms with E-state index in [2.05, 4.69) is 5.32 Å². The maximum Gasteiger partial charge on any atom is 0.272 e. The van der Waals surface area contributed by atoms with Crippen LogP contribution in [0.5, 0.6) is 5.75 Å². The summed E-state index contributed by atoms with van der Waals surface area (Å²) in [6, 6.07) is 13.0. The van der Waals surface area contributed by atoms with Gasteiger partial charge in [-0.15, -0.1) is 0 Å². The first-order chi connectivity index (χ1) is 12.5. The summed E-state index contributed by atoms with van der Waals surface area (Å²) in [5, 5.41) is 12.5. The standard InChI is InChI=1S/C19H20F3NO3/c20-16-11-14(26-12-17(21)22)8-9-15(16)18(24)19(25)23-10-4-7-13-5-2-1-3-6-13/h1-3,5-6,8-9,11,17-18,24H,4,7,10,12H2,(H,23,25). The number of carbonyl (C=O) groups is 1. The number of aliphatic hydroxyl groups is 1. The predicted molar refractivity (Wildman–Crippen MR) is 90.6 cm³/mol. The molecular formula is C19H20F3NO3. The number of nitrogens with one attached hydrogen (secondary N) is 1.